The van der Waals surface area contributed by atoms with Crippen molar-refractivity contribution >= 4 is 17.8 Å². The van der Waals surface area contributed by atoms with Gasteiger partial charge in [-0.05, 0) is 18.4 Å². The molecule has 3 rings (SSSR count). The second kappa shape index (κ2) is 9.03. The Labute approximate surface area is 172 Å². The van der Waals surface area contributed by atoms with E-state index in [1.807, 2.05) is 54.2 Å². The lowest BCUT2D eigenvalue weighted by atomic mass is 9.99. The van der Waals surface area contributed by atoms with Gasteiger partial charge in [0.05, 0.1) is 11.3 Å². The van der Waals surface area contributed by atoms with Gasteiger partial charge < -0.3 is 14.7 Å². The van der Waals surface area contributed by atoms with E-state index in [0.717, 1.165) is 18.5 Å². The average molecular weight is 396 g/mol. The van der Waals surface area contributed by atoms with Gasteiger partial charge in [0.25, 0.3) is 5.91 Å². The summed E-state index contributed by atoms with van der Waals surface area (Å²) in [4.78, 5) is 39.6. The molecule has 2 heterocycles. The van der Waals surface area contributed by atoms with Crippen LogP contribution in [0.4, 0.5) is 5.95 Å². The molecule has 0 spiro atoms. The molecule has 1 fully saturated rings. The maximum absolute atomic E-state index is 12.7. The minimum absolute atomic E-state index is 0.0382. The van der Waals surface area contributed by atoms with Crippen molar-refractivity contribution in [3.8, 4) is 0 Å². The van der Waals surface area contributed by atoms with Crippen molar-refractivity contribution in [2.45, 2.75) is 25.2 Å². The van der Waals surface area contributed by atoms with Gasteiger partial charge in [0.2, 0.25) is 11.9 Å². The molecule has 1 atom stereocenters. The highest BCUT2D eigenvalue weighted by atomic mass is 16.2. The predicted octanol–water partition coefficient (Wildman–Crippen LogP) is 2.19. The van der Waals surface area contributed by atoms with Crippen LogP contribution in [0.2, 0.25) is 0 Å². The zero-order chi connectivity index (χ0) is 21.0. The first kappa shape index (κ1) is 20.8. The zero-order valence-electron chi connectivity index (χ0n) is 17.6. The summed E-state index contributed by atoms with van der Waals surface area (Å²) in [5.41, 5.74) is 2.42. The second-order valence-electron chi connectivity index (χ2n) is 7.87. The van der Waals surface area contributed by atoms with Gasteiger partial charge in [0.15, 0.2) is 0 Å². The van der Waals surface area contributed by atoms with Crippen molar-refractivity contribution in [3.63, 3.8) is 0 Å². The van der Waals surface area contributed by atoms with Crippen LogP contribution >= 0.6 is 0 Å². The van der Waals surface area contributed by atoms with Gasteiger partial charge >= 0.3 is 0 Å². The Morgan fingerprint density at radius 3 is 2.52 bits per heavy atom. The molecule has 1 aromatic heterocycles. The lowest BCUT2D eigenvalue weighted by Gasteiger charge is -2.20. The fourth-order valence-electron chi connectivity index (χ4n) is 3.58. The van der Waals surface area contributed by atoms with Crippen molar-refractivity contribution in [1.29, 1.82) is 0 Å². The van der Waals surface area contributed by atoms with Crippen LogP contribution in [-0.2, 0) is 11.2 Å². The summed E-state index contributed by atoms with van der Waals surface area (Å²) in [6.07, 6.45) is 3.64. The van der Waals surface area contributed by atoms with Crippen LogP contribution < -0.4 is 4.90 Å². The zero-order valence-corrected chi connectivity index (χ0v) is 17.6. The lowest BCUT2D eigenvalue weighted by Crippen LogP contribution is -2.29. The summed E-state index contributed by atoms with van der Waals surface area (Å²) >= 11 is 0. The summed E-state index contributed by atoms with van der Waals surface area (Å²) in [5.74, 6) is 0.651. The number of hydrogen-bond acceptors (Lipinski definition) is 5. The van der Waals surface area contributed by atoms with Gasteiger partial charge in [-0.25, -0.2) is 9.97 Å². The molecule has 7 heteroatoms. The number of hydrogen-bond donors (Lipinski definition) is 0. The van der Waals surface area contributed by atoms with Gasteiger partial charge in [-0.1, -0.05) is 30.3 Å². The molecule has 2 aromatic rings. The number of aryl methyl sites for hydroxylation is 1. The third kappa shape index (κ3) is 4.91. The first-order valence-electron chi connectivity index (χ1n) is 9.94. The van der Waals surface area contributed by atoms with Crippen LogP contribution in [0, 0.1) is 0 Å². The third-order valence-corrected chi connectivity index (χ3v) is 5.24. The molecule has 1 unspecified atom stereocenters. The van der Waals surface area contributed by atoms with E-state index in [2.05, 4.69) is 9.97 Å². The van der Waals surface area contributed by atoms with Crippen LogP contribution in [0.25, 0.3) is 0 Å². The summed E-state index contributed by atoms with van der Waals surface area (Å²) in [6, 6.07) is 10.1. The van der Waals surface area contributed by atoms with Crippen molar-refractivity contribution in [2.24, 2.45) is 0 Å². The Morgan fingerprint density at radius 1 is 1.14 bits per heavy atom. The molecular weight excluding hydrogens is 366 g/mol. The van der Waals surface area contributed by atoms with Crippen LogP contribution in [0.3, 0.4) is 0 Å². The molecule has 1 aromatic carbocycles. The van der Waals surface area contributed by atoms with Crippen LogP contribution in [0.15, 0.2) is 36.5 Å². The second-order valence-corrected chi connectivity index (χ2v) is 7.87. The molecule has 1 aliphatic heterocycles. The Kier molecular flexibility index (Phi) is 6.46. The molecule has 1 aliphatic rings. The van der Waals surface area contributed by atoms with Crippen LogP contribution in [-0.4, -0.2) is 72.9 Å². The first-order valence-corrected chi connectivity index (χ1v) is 9.94. The molecule has 0 aliphatic carbocycles. The SMILES string of the molecule is CN(C)C(=O)c1cnc(N(C)C)nc1C1CCN(C(=O)CCc2ccccc2)C1. The monoisotopic (exact) mass is 395 g/mol. The van der Waals surface area contributed by atoms with E-state index in [1.54, 1.807) is 20.3 Å². The summed E-state index contributed by atoms with van der Waals surface area (Å²) in [6.45, 7) is 1.28. The summed E-state index contributed by atoms with van der Waals surface area (Å²) in [5, 5.41) is 0. The number of likely N-dealkylation sites (tertiary alicyclic amines) is 1. The van der Waals surface area contributed by atoms with E-state index in [4.69, 9.17) is 0 Å². The van der Waals surface area contributed by atoms with E-state index in [9.17, 15) is 9.59 Å². The Balaban J connectivity index is 1.73. The van der Waals surface area contributed by atoms with E-state index in [0.29, 0.717) is 31.0 Å². The maximum Gasteiger partial charge on any atom is 0.256 e. The smallest absolute Gasteiger partial charge is 0.256 e. The van der Waals surface area contributed by atoms with Gasteiger partial charge in [0.1, 0.15) is 0 Å². The number of nitrogens with zero attached hydrogens (tertiary/aromatic N) is 5. The van der Waals surface area contributed by atoms with E-state index in [1.165, 1.54) is 10.5 Å². The normalized spacial score (nSPS) is 16.0. The Bertz CT molecular complexity index is 867. The molecule has 0 bridgehead atoms. The molecule has 29 heavy (non-hydrogen) atoms. The largest absolute Gasteiger partial charge is 0.347 e. The highest BCUT2D eigenvalue weighted by molar-refractivity contribution is 5.95. The molecule has 0 N–H and O–H groups in total. The topological polar surface area (TPSA) is 69.6 Å². The number of rotatable bonds is 6. The van der Waals surface area contributed by atoms with E-state index >= 15 is 0 Å². The molecular formula is C22H29N5O2. The van der Waals surface area contributed by atoms with E-state index < -0.39 is 0 Å². The third-order valence-electron chi connectivity index (χ3n) is 5.24. The Morgan fingerprint density at radius 2 is 1.86 bits per heavy atom. The van der Waals surface area contributed by atoms with Gasteiger partial charge in [-0.15, -0.1) is 0 Å². The average Bonchev–Trinajstić information content (AvgIpc) is 3.22. The fraction of sp³-hybridized carbons (Fsp3) is 0.455. The number of benzene rings is 1. The van der Waals surface area contributed by atoms with Crippen LogP contribution in [0.5, 0.6) is 0 Å². The summed E-state index contributed by atoms with van der Waals surface area (Å²) < 4.78 is 0. The standard InChI is InChI=1S/C22H29N5O2/c1-25(2)21(29)18-14-23-22(26(3)4)24-20(18)17-12-13-27(15-17)19(28)11-10-16-8-6-5-7-9-16/h5-9,14,17H,10-13,15H2,1-4H3. The van der Waals surface area contributed by atoms with Gasteiger partial charge in [-0.2, -0.15) is 0 Å². The minimum Gasteiger partial charge on any atom is -0.347 e. The van der Waals surface area contributed by atoms with Gasteiger partial charge in [0, 0.05) is 59.8 Å². The number of amides is 2. The number of anilines is 1. The quantitative estimate of drug-likeness (QED) is 0.750. The number of carbonyl (C=O) groups excluding carboxylic acids is 2. The van der Waals surface area contributed by atoms with Crippen molar-refractivity contribution in [1.82, 2.24) is 19.8 Å². The number of carbonyl (C=O) groups is 2. The van der Waals surface area contributed by atoms with E-state index in [-0.39, 0.29) is 17.7 Å². The molecule has 0 saturated carbocycles. The highest BCUT2D eigenvalue weighted by Crippen LogP contribution is 2.30. The molecule has 7 nitrogen and oxygen atoms in total. The van der Waals surface area contributed by atoms with Gasteiger partial charge in [-0.3, -0.25) is 9.59 Å². The summed E-state index contributed by atoms with van der Waals surface area (Å²) in [7, 11) is 7.20. The fourth-order valence-corrected chi connectivity index (χ4v) is 3.58. The first-order chi connectivity index (χ1) is 13.9. The van der Waals surface area contributed by atoms with Crippen molar-refractivity contribution < 1.29 is 9.59 Å². The van der Waals surface area contributed by atoms with Crippen LogP contribution in [0.1, 0.15) is 40.4 Å². The molecule has 0 radical (unpaired) electrons. The predicted molar refractivity (Wildman–Crippen MR) is 113 cm³/mol. The molecule has 1 saturated heterocycles. The van der Waals surface area contributed by atoms with Crippen molar-refractivity contribution in [2.75, 3.05) is 46.2 Å². The minimum atomic E-state index is -0.112. The lowest BCUT2D eigenvalue weighted by molar-refractivity contribution is -0.130. The maximum atomic E-state index is 12.7. The molecule has 2 amide bonds. The molecule has 154 valence electrons. The highest BCUT2D eigenvalue weighted by Gasteiger charge is 2.31. The van der Waals surface area contributed by atoms with Crippen molar-refractivity contribution in [3.05, 3.63) is 53.3 Å². The number of aromatic nitrogens is 2. The Hall–Kier alpha value is -2.96.